The van der Waals surface area contributed by atoms with Crippen molar-refractivity contribution in [3.8, 4) is 0 Å². The van der Waals surface area contributed by atoms with Gasteiger partial charge in [0.15, 0.2) is 0 Å². The molecule has 114 valence electrons. The second-order valence-corrected chi connectivity index (χ2v) is 6.17. The van der Waals surface area contributed by atoms with E-state index < -0.39 is 6.10 Å². The number of rotatable bonds is 7. The van der Waals surface area contributed by atoms with Crippen molar-refractivity contribution in [2.45, 2.75) is 52.2 Å². The van der Waals surface area contributed by atoms with Gasteiger partial charge in [-0.1, -0.05) is 50.0 Å². The number of halogens is 2. The van der Waals surface area contributed by atoms with Crippen LogP contribution in [0.4, 0.5) is 0 Å². The Kier molecular flexibility index (Phi) is 6.80. The topological polar surface area (TPSA) is 23.5 Å². The zero-order valence-electron chi connectivity index (χ0n) is 12.8. The Balaban J connectivity index is 2.91. The van der Waals surface area contributed by atoms with Crippen LogP contribution in [0.5, 0.6) is 0 Å². The summed E-state index contributed by atoms with van der Waals surface area (Å²) in [4.78, 5) is 2.31. The van der Waals surface area contributed by atoms with Gasteiger partial charge in [0.2, 0.25) is 0 Å². The molecule has 0 saturated heterocycles. The van der Waals surface area contributed by atoms with E-state index in [1.54, 1.807) is 6.07 Å². The summed E-state index contributed by atoms with van der Waals surface area (Å²) in [6, 6.07) is 5.55. The van der Waals surface area contributed by atoms with Crippen LogP contribution < -0.4 is 0 Å². The highest BCUT2D eigenvalue weighted by Gasteiger charge is 2.35. The van der Waals surface area contributed by atoms with Crippen LogP contribution in [0.15, 0.2) is 18.2 Å². The molecule has 0 aromatic heterocycles. The van der Waals surface area contributed by atoms with E-state index in [1.165, 1.54) is 0 Å². The molecule has 0 radical (unpaired) electrons. The minimum absolute atomic E-state index is 0.227. The molecular weight excluding hydrogens is 293 g/mol. The quantitative estimate of drug-likeness (QED) is 0.805. The minimum Gasteiger partial charge on any atom is -0.391 e. The van der Waals surface area contributed by atoms with Gasteiger partial charge in [-0.15, -0.1) is 0 Å². The van der Waals surface area contributed by atoms with E-state index in [0.717, 1.165) is 25.1 Å². The molecule has 0 aliphatic heterocycles. The van der Waals surface area contributed by atoms with E-state index in [9.17, 15) is 5.11 Å². The molecule has 0 fully saturated rings. The number of aliphatic hydroxyl groups is 1. The molecule has 2 nitrogen and oxygen atoms in total. The molecule has 20 heavy (non-hydrogen) atoms. The van der Waals surface area contributed by atoms with Crippen molar-refractivity contribution in [1.29, 1.82) is 0 Å². The third-order valence-corrected chi connectivity index (χ3v) is 5.07. The van der Waals surface area contributed by atoms with Gasteiger partial charge in [0.05, 0.1) is 16.1 Å². The highest BCUT2D eigenvalue weighted by Crippen LogP contribution is 2.28. The average molecular weight is 318 g/mol. The first-order valence-electron chi connectivity index (χ1n) is 7.26. The van der Waals surface area contributed by atoms with Crippen LogP contribution in [0, 0.1) is 0 Å². The number of nitrogens with zero attached hydrogens (tertiary/aromatic N) is 1. The van der Waals surface area contributed by atoms with E-state index >= 15 is 0 Å². The fourth-order valence-electron chi connectivity index (χ4n) is 2.73. The summed E-state index contributed by atoms with van der Waals surface area (Å²) in [5.74, 6) is 0. The summed E-state index contributed by atoms with van der Waals surface area (Å²) in [6.45, 7) is 10.4. The summed E-state index contributed by atoms with van der Waals surface area (Å²) >= 11 is 12.0. The lowest BCUT2D eigenvalue weighted by Gasteiger charge is -2.43. The molecule has 4 heteroatoms. The molecular formula is C16H25Cl2NO. The predicted molar refractivity (Wildman–Crippen MR) is 87.8 cm³/mol. The first-order valence-corrected chi connectivity index (χ1v) is 8.01. The number of aliphatic hydroxyl groups excluding tert-OH is 1. The zero-order valence-corrected chi connectivity index (χ0v) is 14.3. The normalized spacial score (nSPS) is 16.2. The first-order chi connectivity index (χ1) is 9.38. The van der Waals surface area contributed by atoms with Crippen LogP contribution in [-0.4, -0.2) is 34.7 Å². The molecule has 2 atom stereocenters. The lowest BCUT2D eigenvalue weighted by Crippen LogP contribution is -2.54. The SMILES string of the molecule is CCN(CC)C(C)(CC)C(O)Cc1ccc(Cl)c(Cl)c1. The Morgan fingerprint density at radius 2 is 1.75 bits per heavy atom. The van der Waals surface area contributed by atoms with Crippen molar-refractivity contribution >= 4 is 23.2 Å². The predicted octanol–water partition coefficient (Wildman–Crippen LogP) is 4.41. The monoisotopic (exact) mass is 317 g/mol. The number of likely N-dealkylation sites (N-methyl/N-ethyl adjacent to an activating group) is 1. The third kappa shape index (κ3) is 3.88. The third-order valence-electron chi connectivity index (χ3n) is 4.33. The van der Waals surface area contributed by atoms with Gasteiger partial charge in [0, 0.05) is 12.0 Å². The van der Waals surface area contributed by atoms with E-state index in [0.29, 0.717) is 16.5 Å². The molecule has 0 aliphatic carbocycles. The van der Waals surface area contributed by atoms with Gasteiger partial charge in [0.1, 0.15) is 0 Å². The van der Waals surface area contributed by atoms with Crippen molar-refractivity contribution in [3.63, 3.8) is 0 Å². The van der Waals surface area contributed by atoms with E-state index in [1.807, 2.05) is 12.1 Å². The Morgan fingerprint density at radius 3 is 2.20 bits per heavy atom. The second kappa shape index (κ2) is 7.65. The van der Waals surface area contributed by atoms with Gasteiger partial charge in [-0.2, -0.15) is 0 Å². The summed E-state index contributed by atoms with van der Waals surface area (Å²) in [5.41, 5.74) is 0.786. The summed E-state index contributed by atoms with van der Waals surface area (Å²) in [7, 11) is 0. The maximum Gasteiger partial charge on any atom is 0.0761 e. The Labute approximate surface area is 132 Å². The van der Waals surface area contributed by atoms with Crippen molar-refractivity contribution in [2.24, 2.45) is 0 Å². The van der Waals surface area contributed by atoms with Gasteiger partial charge in [-0.3, -0.25) is 4.90 Å². The highest BCUT2D eigenvalue weighted by molar-refractivity contribution is 6.42. The Hall–Kier alpha value is -0.280. The zero-order chi connectivity index (χ0) is 15.3. The minimum atomic E-state index is -0.440. The molecule has 0 bridgehead atoms. The van der Waals surface area contributed by atoms with Crippen LogP contribution in [0.25, 0.3) is 0 Å². The van der Waals surface area contributed by atoms with Gasteiger partial charge in [-0.25, -0.2) is 0 Å². The summed E-state index contributed by atoms with van der Waals surface area (Å²) in [5, 5.41) is 11.8. The molecule has 1 aromatic rings. The lowest BCUT2D eigenvalue weighted by molar-refractivity contribution is -0.0190. The largest absolute Gasteiger partial charge is 0.391 e. The molecule has 0 aliphatic rings. The molecule has 1 aromatic carbocycles. The lowest BCUT2D eigenvalue weighted by atomic mass is 9.85. The number of hydrogen-bond acceptors (Lipinski definition) is 2. The van der Waals surface area contributed by atoms with Crippen LogP contribution in [0.1, 0.15) is 39.7 Å². The maximum absolute atomic E-state index is 10.7. The van der Waals surface area contributed by atoms with Crippen molar-refractivity contribution in [2.75, 3.05) is 13.1 Å². The van der Waals surface area contributed by atoms with Gasteiger partial charge < -0.3 is 5.11 Å². The van der Waals surface area contributed by atoms with Crippen molar-refractivity contribution in [1.82, 2.24) is 4.90 Å². The molecule has 2 unspecified atom stereocenters. The molecule has 1 N–H and O–H groups in total. The van der Waals surface area contributed by atoms with Gasteiger partial charge in [0.25, 0.3) is 0 Å². The van der Waals surface area contributed by atoms with E-state index in [4.69, 9.17) is 23.2 Å². The van der Waals surface area contributed by atoms with Gasteiger partial charge >= 0.3 is 0 Å². The first kappa shape index (κ1) is 17.8. The van der Waals surface area contributed by atoms with Gasteiger partial charge in [-0.05, 0) is 44.1 Å². The van der Waals surface area contributed by atoms with E-state index in [-0.39, 0.29) is 5.54 Å². The molecule has 0 heterocycles. The van der Waals surface area contributed by atoms with Crippen LogP contribution in [-0.2, 0) is 6.42 Å². The molecule has 0 amide bonds. The Bertz CT molecular complexity index is 434. The number of benzene rings is 1. The smallest absolute Gasteiger partial charge is 0.0761 e. The number of hydrogen-bond donors (Lipinski definition) is 1. The van der Waals surface area contributed by atoms with E-state index in [2.05, 4.69) is 32.6 Å². The molecule has 0 spiro atoms. The van der Waals surface area contributed by atoms with Crippen molar-refractivity contribution in [3.05, 3.63) is 33.8 Å². The average Bonchev–Trinajstić information content (AvgIpc) is 2.43. The van der Waals surface area contributed by atoms with Crippen LogP contribution >= 0.6 is 23.2 Å². The fraction of sp³-hybridized carbons (Fsp3) is 0.625. The maximum atomic E-state index is 10.7. The van der Waals surface area contributed by atoms with Crippen LogP contribution in [0.3, 0.4) is 0 Å². The summed E-state index contributed by atoms with van der Waals surface area (Å²) < 4.78 is 0. The Morgan fingerprint density at radius 1 is 1.15 bits per heavy atom. The highest BCUT2D eigenvalue weighted by atomic mass is 35.5. The molecule has 0 saturated carbocycles. The standard InChI is InChI=1S/C16H25Cl2NO/c1-5-16(4,19(6-2)7-3)15(20)11-12-8-9-13(17)14(18)10-12/h8-10,15,20H,5-7,11H2,1-4H3. The second-order valence-electron chi connectivity index (χ2n) is 5.35. The molecule has 1 rings (SSSR count). The fourth-order valence-corrected chi connectivity index (χ4v) is 3.05. The van der Waals surface area contributed by atoms with Crippen molar-refractivity contribution < 1.29 is 5.11 Å². The summed E-state index contributed by atoms with van der Waals surface area (Å²) in [6.07, 6.45) is 1.04. The van der Waals surface area contributed by atoms with Crippen LogP contribution in [0.2, 0.25) is 10.0 Å².